The van der Waals surface area contributed by atoms with Crippen molar-refractivity contribution in [3.8, 4) is 5.75 Å². The highest BCUT2D eigenvalue weighted by Crippen LogP contribution is 2.21. The zero-order valence-corrected chi connectivity index (χ0v) is 12.6. The molecule has 0 aromatic heterocycles. The van der Waals surface area contributed by atoms with Crippen molar-refractivity contribution in [3.63, 3.8) is 0 Å². The summed E-state index contributed by atoms with van der Waals surface area (Å²) < 4.78 is 5.21. The molecule has 19 heavy (non-hydrogen) atoms. The van der Waals surface area contributed by atoms with Gasteiger partial charge in [-0.05, 0) is 19.1 Å². The van der Waals surface area contributed by atoms with E-state index in [1.165, 1.54) is 0 Å². The first kappa shape index (κ1) is 15.8. The molecule has 4 nitrogen and oxygen atoms in total. The third kappa shape index (κ3) is 5.49. The average Bonchev–Trinajstić information content (AvgIpc) is 2.36. The van der Waals surface area contributed by atoms with Crippen molar-refractivity contribution in [1.29, 1.82) is 0 Å². The number of benzene rings is 1. The van der Waals surface area contributed by atoms with Gasteiger partial charge in [0.1, 0.15) is 5.75 Å². The molecule has 1 unspecified atom stereocenters. The van der Waals surface area contributed by atoms with Gasteiger partial charge in [-0.1, -0.05) is 19.9 Å². The summed E-state index contributed by atoms with van der Waals surface area (Å²) in [7, 11) is 3.63. The third-order valence-electron chi connectivity index (χ3n) is 2.96. The average molecular weight is 266 g/mol. The third-order valence-corrected chi connectivity index (χ3v) is 2.96. The number of aliphatic hydroxyl groups is 1. The topological polar surface area (TPSA) is 44.7 Å². The molecular formula is C15H26N2O2. The summed E-state index contributed by atoms with van der Waals surface area (Å²) in [5.74, 6) is 0.823. The fourth-order valence-corrected chi connectivity index (χ4v) is 1.93. The van der Waals surface area contributed by atoms with Crippen LogP contribution in [-0.2, 0) is 0 Å². The zero-order chi connectivity index (χ0) is 14.5. The highest BCUT2D eigenvalue weighted by atomic mass is 16.5. The van der Waals surface area contributed by atoms with E-state index in [0.29, 0.717) is 19.1 Å². The molecule has 1 rings (SSSR count). The molecule has 0 fully saturated rings. The summed E-state index contributed by atoms with van der Waals surface area (Å²) in [6.45, 7) is 7.11. The van der Waals surface area contributed by atoms with Crippen molar-refractivity contribution in [3.05, 3.63) is 24.3 Å². The summed E-state index contributed by atoms with van der Waals surface area (Å²) >= 11 is 0. The van der Waals surface area contributed by atoms with Crippen molar-refractivity contribution in [2.45, 2.75) is 32.4 Å². The van der Waals surface area contributed by atoms with Gasteiger partial charge in [0.2, 0.25) is 0 Å². The quantitative estimate of drug-likeness (QED) is 0.791. The van der Waals surface area contributed by atoms with Crippen LogP contribution in [0.1, 0.15) is 20.8 Å². The lowest BCUT2D eigenvalue weighted by atomic mass is 10.1. The molecule has 0 saturated heterocycles. The normalized spacial score (nSPS) is 14.3. The fraction of sp³-hybridized carbons (Fsp3) is 0.600. The van der Waals surface area contributed by atoms with Crippen LogP contribution in [-0.4, -0.2) is 44.0 Å². The second-order valence-corrected chi connectivity index (χ2v) is 5.59. The van der Waals surface area contributed by atoms with E-state index < -0.39 is 5.60 Å². The fourth-order valence-electron chi connectivity index (χ4n) is 1.93. The van der Waals surface area contributed by atoms with Gasteiger partial charge in [-0.2, -0.15) is 0 Å². The zero-order valence-electron chi connectivity index (χ0n) is 12.6. The number of likely N-dealkylation sites (N-methyl/N-ethyl adjacent to an activating group) is 1. The lowest BCUT2D eigenvalue weighted by Gasteiger charge is -2.31. The van der Waals surface area contributed by atoms with Crippen molar-refractivity contribution in [2.75, 3.05) is 32.1 Å². The number of methoxy groups -OCH3 is 1. The van der Waals surface area contributed by atoms with E-state index in [4.69, 9.17) is 4.74 Å². The van der Waals surface area contributed by atoms with Crippen LogP contribution in [0.5, 0.6) is 5.75 Å². The first-order chi connectivity index (χ1) is 8.84. The molecule has 0 aliphatic heterocycles. The van der Waals surface area contributed by atoms with Crippen molar-refractivity contribution in [1.82, 2.24) is 5.32 Å². The number of hydrogen-bond acceptors (Lipinski definition) is 4. The first-order valence-electron chi connectivity index (χ1n) is 6.65. The SMILES string of the molecule is COc1cccc(N(C)CC(C)(O)CNC(C)C)c1. The Morgan fingerprint density at radius 2 is 2.11 bits per heavy atom. The largest absolute Gasteiger partial charge is 0.497 e. The molecule has 0 spiro atoms. The van der Waals surface area contributed by atoms with E-state index in [1.54, 1.807) is 7.11 Å². The Morgan fingerprint density at radius 3 is 2.68 bits per heavy atom. The highest BCUT2D eigenvalue weighted by molar-refractivity contribution is 5.50. The Hall–Kier alpha value is -1.26. The van der Waals surface area contributed by atoms with E-state index in [0.717, 1.165) is 11.4 Å². The lowest BCUT2D eigenvalue weighted by Crippen LogP contribution is -2.48. The minimum Gasteiger partial charge on any atom is -0.497 e. The molecular weight excluding hydrogens is 240 g/mol. The number of nitrogens with zero attached hydrogens (tertiary/aromatic N) is 1. The van der Waals surface area contributed by atoms with Gasteiger partial charge in [-0.25, -0.2) is 0 Å². The van der Waals surface area contributed by atoms with Crippen LogP contribution < -0.4 is 15.0 Å². The molecule has 0 bridgehead atoms. The van der Waals surface area contributed by atoms with E-state index in [-0.39, 0.29) is 0 Å². The number of rotatable bonds is 7. The summed E-state index contributed by atoms with van der Waals surface area (Å²) in [5, 5.41) is 13.6. The van der Waals surface area contributed by atoms with Gasteiger partial charge in [0, 0.05) is 37.9 Å². The Bertz CT molecular complexity index is 391. The van der Waals surface area contributed by atoms with Crippen molar-refractivity contribution < 1.29 is 9.84 Å². The number of ether oxygens (including phenoxy) is 1. The second kappa shape index (κ2) is 6.78. The molecule has 0 aliphatic rings. The van der Waals surface area contributed by atoms with E-state index >= 15 is 0 Å². The van der Waals surface area contributed by atoms with Crippen LogP contribution >= 0.6 is 0 Å². The minimum atomic E-state index is -0.776. The predicted molar refractivity (Wildman–Crippen MR) is 80.0 cm³/mol. The van der Waals surface area contributed by atoms with E-state index in [2.05, 4.69) is 19.2 Å². The van der Waals surface area contributed by atoms with Gasteiger partial charge in [-0.3, -0.25) is 0 Å². The summed E-state index contributed by atoms with van der Waals surface area (Å²) in [6.07, 6.45) is 0. The molecule has 1 aromatic carbocycles. The number of nitrogens with one attached hydrogen (secondary N) is 1. The summed E-state index contributed by atoms with van der Waals surface area (Å²) in [4.78, 5) is 2.03. The maximum atomic E-state index is 10.4. The molecule has 1 atom stereocenters. The van der Waals surface area contributed by atoms with Crippen LogP contribution in [0.3, 0.4) is 0 Å². The van der Waals surface area contributed by atoms with E-state index in [1.807, 2.05) is 43.1 Å². The van der Waals surface area contributed by atoms with Crippen LogP contribution in [0, 0.1) is 0 Å². The van der Waals surface area contributed by atoms with E-state index in [9.17, 15) is 5.11 Å². The van der Waals surface area contributed by atoms with Crippen LogP contribution in [0.4, 0.5) is 5.69 Å². The first-order valence-corrected chi connectivity index (χ1v) is 6.65. The summed E-state index contributed by atoms with van der Waals surface area (Å²) in [6, 6.07) is 8.20. The van der Waals surface area contributed by atoms with Crippen molar-refractivity contribution >= 4 is 5.69 Å². The predicted octanol–water partition coefficient (Wildman–Crippen LogP) is 1.88. The maximum absolute atomic E-state index is 10.4. The molecule has 1 aromatic rings. The molecule has 0 amide bonds. The van der Waals surface area contributed by atoms with Crippen LogP contribution in [0.2, 0.25) is 0 Å². The van der Waals surface area contributed by atoms with Gasteiger partial charge >= 0.3 is 0 Å². The molecule has 0 aliphatic carbocycles. The number of hydrogen-bond donors (Lipinski definition) is 2. The van der Waals surface area contributed by atoms with Gasteiger partial charge < -0.3 is 20.1 Å². The van der Waals surface area contributed by atoms with Gasteiger partial charge in [-0.15, -0.1) is 0 Å². The molecule has 0 saturated carbocycles. The Balaban J connectivity index is 2.64. The van der Waals surface area contributed by atoms with Gasteiger partial charge in [0.15, 0.2) is 0 Å². The number of anilines is 1. The molecule has 4 heteroatoms. The lowest BCUT2D eigenvalue weighted by molar-refractivity contribution is 0.0656. The molecule has 0 radical (unpaired) electrons. The second-order valence-electron chi connectivity index (χ2n) is 5.59. The molecule has 0 heterocycles. The van der Waals surface area contributed by atoms with Gasteiger partial charge in [0.05, 0.1) is 12.7 Å². The smallest absolute Gasteiger partial charge is 0.120 e. The Labute approximate surface area is 116 Å². The molecule has 108 valence electrons. The Morgan fingerprint density at radius 1 is 1.42 bits per heavy atom. The van der Waals surface area contributed by atoms with Gasteiger partial charge in [0.25, 0.3) is 0 Å². The molecule has 2 N–H and O–H groups in total. The minimum absolute atomic E-state index is 0.369. The summed E-state index contributed by atoms with van der Waals surface area (Å²) in [5.41, 5.74) is 0.256. The standard InChI is InChI=1S/C15H26N2O2/c1-12(2)16-10-15(3,18)11-17(4)13-7-6-8-14(9-13)19-5/h6-9,12,16,18H,10-11H2,1-5H3. The monoisotopic (exact) mass is 266 g/mol. The van der Waals surface area contributed by atoms with Crippen molar-refractivity contribution in [2.24, 2.45) is 0 Å². The van der Waals surface area contributed by atoms with Crippen LogP contribution in [0.25, 0.3) is 0 Å². The Kier molecular flexibility index (Phi) is 5.63. The van der Waals surface area contributed by atoms with Crippen LogP contribution in [0.15, 0.2) is 24.3 Å². The maximum Gasteiger partial charge on any atom is 0.120 e. The highest BCUT2D eigenvalue weighted by Gasteiger charge is 2.22.